The fraction of sp³-hybridized carbons (Fsp3) is 0.211. The van der Waals surface area contributed by atoms with Gasteiger partial charge >= 0.3 is 6.09 Å². The minimum absolute atomic E-state index is 0.454. The van der Waals surface area contributed by atoms with Crippen molar-refractivity contribution in [1.29, 1.82) is 0 Å². The van der Waals surface area contributed by atoms with Crippen LogP contribution in [0.4, 0.5) is 16.2 Å². The van der Waals surface area contributed by atoms with Crippen molar-refractivity contribution in [2.75, 3.05) is 31.1 Å². The van der Waals surface area contributed by atoms with E-state index in [9.17, 15) is 4.79 Å². The smallest absolute Gasteiger partial charge is 0.407 e. The Morgan fingerprint density at radius 3 is 2.54 bits per heavy atom. The maximum absolute atomic E-state index is 11.1. The first-order valence-corrected chi connectivity index (χ1v) is 9.11. The number of piperazine rings is 1. The Morgan fingerprint density at radius 2 is 1.82 bits per heavy atom. The molecule has 28 heavy (non-hydrogen) atoms. The molecule has 1 saturated heterocycles. The van der Waals surface area contributed by atoms with E-state index in [1.165, 1.54) is 4.90 Å². The highest BCUT2D eigenvalue weighted by Crippen LogP contribution is 2.29. The largest absolute Gasteiger partial charge is 0.465 e. The van der Waals surface area contributed by atoms with Crippen molar-refractivity contribution >= 4 is 46.3 Å². The third-order valence-corrected chi connectivity index (χ3v) is 4.93. The summed E-state index contributed by atoms with van der Waals surface area (Å²) in [6, 6.07) is 5.49. The molecule has 0 saturated carbocycles. The number of nitrogens with zero attached hydrogens (tertiary/aromatic N) is 6. The minimum Gasteiger partial charge on any atom is -0.465 e. The van der Waals surface area contributed by atoms with Crippen LogP contribution in [-0.4, -0.2) is 63.4 Å². The number of fused-ring (bicyclic) bond motifs is 1. The van der Waals surface area contributed by atoms with Gasteiger partial charge in [-0.3, -0.25) is 19.9 Å². The van der Waals surface area contributed by atoms with Crippen molar-refractivity contribution < 1.29 is 9.90 Å². The Kier molecular flexibility index (Phi) is 5.03. The third-order valence-electron chi connectivity index (χ3n) is 4.60. The second kappa shape index (κ2) is 7.77. The molecule has 1 fully saturated rings. The Balaban J connectivity index is 1.59. The number of carbonyl (C=O) groups is 1. The standard InChI is InChI=1S/C19H17ClN6O2/c20-14-10-16-15(22-3-4-23-16)9-13(14)11-24-17-12-21-2-1-18(17)25-5-7-26(8-6-25)19(27)28/h1-4,9-12H,5-8H2,(H,27,28)/b24-11+. The molecule has 142 valence electrons. The van der Waals surface area contributed by atoms with Crippen molar-refractivity contribution in [2.24, 2.45) is 4.99 Å². The number of amides is 1. The monoisotopic (exact) mass is 396 g/mol. The molecule has 0 unspecified atom stereocenters. The third kappa shape index (κ3) is 3.72. The quantitative estimate of drug-likeness (QED) is 0.683. The van der Waals surface area contributed by atoms with E-state index in [0.717, 1.165) is 22.3 Å². The Labute approximate surface area is 166 Å². The second-order valence-electron chi connectivity index (χ2n) is 6.30. The van der Waals surface area contributed by atoms with Crippen LogP contribution in [0.1, 0.15) is 5.56 Å². The van der Waals surface area contributed by atoms with Gasteiger partial charge in [-0.15, -0.1) is 0 Å². The number of aliphatic imine (C=N–C) groups is 1. The summed E-state index contributed by atoms with van der Waals surface area (Å²) in [5.74, 6) is 0. The number of carboxylic acid groups (broad SMARTS) is 1. The Bertz CT molecular complexity index is 1050. The Morgan fingerprint density at radius 1 is 1.11 bits per heavy atom. The summed E-state index contributed by atoms with van der Waals surface area (Å²) in [4.78, 5) is 31.9. The summed E-state index contributed by atoms with van der Waals surface area (Å²) >= 11 is 6.36. The highest BCUT2D eigenvalue weighted by atomic mass is 35.5. The van der Waals surface area contributed by atoms with E-state index < -0.39 is 6.09 Å². The molecule has 4 rings (SSSR count). The zero-order chi connectivity index (χ0) is 19.5. The number of hydrogen-bond donors (Lipinski definition) is 1. The van der Waals surface area contributed by atoms with Crippen molar-refractivity contribution in [1.82, 2.24) is 19.9 Å². The van der Waals surface area contributed by atoms with Gasteiger partial charge in [-0.05, 0) is 18.2 Å². The first kappa shape index (κ1) is 18.1. The molecule has 1 aliphatic rings. The van der Waals surface area contributed by atoms with Gasteiger partial charge in [0.05, 0.1) is 27.9 Å². The molecule has 1 amide bonds. The van der Waals surface area contributed by atoms with E-state index in [-0.39, 0.29) is 0 Å². The second-order valence-corrected chi connectivity index (χ2v) is 6.71. The van der Waals surface area contributed by atoms with Gasteiger partial charge in [0.1, 0.15) is 5.69 Å². The molecule has 0 spiro atoms. The average molecular weight is 397 g/mol. The van der Waals surface area contributed by atoms with Crippen LogP contribution in [0.3, 0.4) is 0 Å². The average Bonchev–Trinajstić information content (AvgIpc) is 2.72. The lowest BCUT2D eigenvalue weighted by molar-refractivity contribution is 0.142. The fourth-order valence-corrected chi connectivity index (χ4v) is 3.33. The van der Waals surface area contributed by atoms with Crippen molar-refractivity contribution in [3.63, 3.8) is 0 Å². The number of halogens is 1. The number of benzene rings is 1. The van der Waals surface area contributed by atoms with Gasteiger partial charge in [-0.1, -0.05) is 11.6 Å². The summed E-state index contributed by atoms with van der Waals surface area (Å²) in [6.45, 7) is 2.11. The zero-order valence-corrected chi connectivity index (χ0v) is 15.6. The summed E-state index contributed by atoms with van der Waals surface area (Å²) in [5.41, 5.74) is 3.81. The first-order chi connectivity index (χ1) is 13.6. The molecule has 8 nitrogen and oxygen atoms in total. The maximum Gasteiger partial charge on any atom is 0.407 e. The number of hydrogen-bond acceptors (Lipinski definition) is 6. The molecule has 3 heterocycles. The summed E-state index contributed by atoms with van der Waals surface area (Å²) in [6.07, 6.45) is 7.44. The van der Waals surface area contributed by atoms with Crippen LogP contribution >= 0.6 is 11.6 Å². The molecular weight excluding hydrogens is 380 g/mol. The topological polar surface area (TPSA) is 94.8 Å². The van der Waals surface area contributed by atoms with E-state index in [2.05, 4.69) is 24.8 Å². The summed E-state index contributed by atoms with van der Waals surface area (Å²) in [7, 11) is 0. The van der Waals surface area contributed by atoms with Crippen LogP contribution in [-0.2, 0) is 0 Å². The molecule has 1 N–H and O–H groups in total. The molecule has 1 aromatic carbocycles. The van der Waals surface area contributed by atoms with Crippen molar-refractivity contribution in [3.05, 3.63) is 53.6 Å². The van der Waals surface area contributed by atoms with Gasteiger partial charge < -0.3 is 14.9 Å². The van der Waals surface area contributed by atoms with Gasteiger partial charge in [0.2, 0.25) is 0 Å². The van der Waals surface area contributed by atoms with E-state index >= 15 is 0 Å². The molecule has 2 aromatic heterocycles. The molecule has 9 heteroatoms. The summed E-state index contributed by atoms with van der Waals surface area (Å²) < 4.78 is 0. The number of rotatable bonds is 3. The van der Waals surface area contributed by atoms with Gasteiger partial charge in [0.25, 0.3) is 0 Å². The van der Waals surface area contributed by atoms with E-state index in [1.54, 1.807) is 37.1 Å². The maximum atomic E-state index is 11.1. The van der Waals surface area contributed by atoms with Crippen LogP contribution in [0.15, 0.2) is 48.0 Å². The number of pyridine rings is 1. The SMILES string of the molecule is O=C(O)N1CCN(c2ccncc2/N=C/c2cc3nccnc3cc2Cl)CC1. The molecule has 1 aliphatic heterocycles. The van der Waals surface area contributed by atoms with Crippen LogP contribution in [0.5, 0.6) is 0 Å². The lowest BCUT2D eigenvalue weighted by atomic mass is 10.2. The van der Waals surface area contributed by atoms with E-state index in [0.29, 0.717) is 36.9 Å². The van der Waals surface area contributed by atoms with E-state index in [1.807, 2.05) is 12.1 Å². The lowest BCUT2D eigenvalue weighted by Crippen LogP contribution is -2.48. The van der Waals surface area contributed by atoms with Gasteiger partial charge in [0.15, 0.2) is 0 Å². The minimum atomic E-state index is -0.887. The Hall–Kier alpha value is -3.26. The van der Waals surface area contributed by atoms with Crippen LogP contribution in [0, 0.1) is 0 Å². The highest BCUT2D eigenvalue weighted by molar-refractivity contribution is 6.33. The van der Waals surface area contributed by atoms with Crippen LogP contribution in [0.2, 0.25) is 5.02 Å². The molecule has 0 bridgehead atoms. The van der Waals surface area contributed by atoms with Crippen molar-refractivity contribution in [3.8, 4) is 0 Å². The fourth-order valence-electron chi connectivity index (χ4n) is 3.12. The highest BCUT2D eigenvalue weighted by Gasteiger charge is 2.21. The summed E-state index contributed by atoms with van der Waals surface area (Å²) in [5, 5.41) is 9.65. The molecule has 3 aromatic rings. The molecule has 0 atom stereocenters. The van der Waals surface area contributed by atoms with Crippen LogP contribution in [0.25, 0.3) is 11.0 Å². The number of aromatic nitrogens is 3. The molecule has 0 aliphatic carbocycles. The van der Waals surface area contributed by atoms with Gasteiger partial charge in [-0.25, -0.2) is 4.79 Å². The molecule has 0 radical (unpaired) electrons. The number of anilines is 1. The van der Waals surface area contributed by atoms with Gasteiger partial charge in [0, 0.05) is 56.5 Å². The predicted molar refractivity (Wildman–Crippen MR) is 108 cm³/mol. The first-order valence-electron chi connectivity index (χ1n) is 8.73. The zero-order valence-electron chi connectivity index (χ0n) is 14.9. The van der Waals surface area contributed by atoms with Crippen LogP contribution < -0.4 is 4.90 Å². The van der Waals surface area contributed by atoms with E-state index in [4.69, 9.17) is 16.7 Å². The predicted octanol–water partition coefficient (Wildman–Crippen LogP) is 3.23. The van der Waals surface area contributed by atoms with Gasteiger partial charge in [-0.2, -0.15) is 0 Å². The normalized spacial score (nSPS) is 14.8. The van der Waals surface area contributed by atoms with Crippen molar-refractivity contribution in [2.45, 2.75) is 0 Å². The molecular formula is C19H17ClN6O2. The lowest BCUT2D eigenvalue weighted by Gasteiger charge is -2.35.